The number of esters is 1. The second-order valence-electron chi connectivity index (χ2n) is 5.22. The topological polar surface area (TPSA) is 81.9 Å². The van der Waals surface area contributed by atoms with Gasteiger partial charge in [0.25, 0.3) is 0 Å². The SMILES string of the molecule is COC(=O)C(C)(NC(C)C)c1cccc(-n2cnnn2)c1. The summed E-state index contributed by atoms with van der Waals surface area (Å²) in [7, 11) is 1.38. The van der Waals surface area contributed by atoms with Gasteiger partial charge in [0.15, 0.2) is 0 Å². The highest BCUT2D eigenvalue weighted by Crippen LogP contribution is 2.25. The third-order valence-electron chi connectivity index (χ3n) is 3.21. The Kier molecular flexibility index (Phi) is 4.32. The molecule has 0 saturated heterocycles. The Morgan fingerprint density at radius 3 is 2.76 bits per heavy atom. The quantitative estimate of drug-likeness (QED) is 0.828. The van der Waals surface area contributed by atoms with Crippen LogP contribution in [0, 0.1) is 0 Å². The molecular weight excluding hydrogens is 270 g/mol. The zero-order chi connectivity index (χ0) is 15.5. The molecule has 0 amide bonds. The molecule has 21 heavy (non-hydrogen) atoms. The van der Waals surface area contributed by atoms with E-state index in [2.05, 4.69) is 20.8 Å². The number of benzene rings is 1. The Bertz CT molecular complexity index is 612. The molecule has 1 N–H and O–H groups in total. The van der Waals surface area contributed by atoms with Gasteiger partial charge in [-0.05, 0) is 48.9 Å². The smallest absolute Gasteiger partial charge is 0.330 e. The van der Waals surface area contributed by atoms with Gasteiger partial charge >= 0.3 is 5.97 Å². The largest absolute Gasteiger partial charge is 0.467 e. The highest BCUT2D eigenvalue weighted by molar-refractivity contribution is 5.82. The van der Waals surface area contributed by atoms with Gasteiger partial charge in [-0.15, -0.1) is 5.10 Å². The van der Waals surface area contributed by atoms with Crippen molar-refractivity contribution in [2.24, 2.45) is 0 Å². The number of aromatic nitrogens is 4. The van der Waals surface area contributed by atoms with Gasteiger partial charge in [-0.2, -0.15) is 0 Å². The van der Waals surface area contributed by atoms with Crippen molar-refractivity contribution in [3.05, 3.63) is 36.2 Å². The lowest BCUT2D eigenvalue weighted by molar-refractivity contribution is -0.148. The molecule has 0 saturated carbocycles. The molecule has 112 valence electrons. The minimum absolute atomic E-state index is 0.116. The van der Waals surface area contributed by atoms with Crippen molar-refractivity contribution < 1.29 is 9.53 Å². The van der Waals surface area contributed by atoms with Gasteiger partial charge in [-0.3, -0.25) is 5.32 Å². The predicted molar refractivity (Wildman–Crippen MR) is 76.8 cm³/mol. The minimum atomic E-state index is -0.938. The standard InChI is InChI=1S/C14H19N5O2/c1-10(2)16-14(3,13(20)21-4)11-6-5-7-12(8-11)19-9-15-17-18-19/h5-10,16H,1-4H3. The van der Waals surface area contributed by atoms with E-state index < -0.39 is 5.54 Å². The number of hydrogen-bond donors (Lipinski definition) is 1. The van der Waals surface area contributed by atoms with E-state index in [0.717, 1.165) is 11.3 Å². The average Bonchev–Trinajstić information content (AvgIpc) is 3.00. The van der Waals surface area contributed by atoms with E-state index >= 15 is 0 Å². The van der Waals surface area contributed by atoms with Crippen molar-refractivity contribution >= 4 is 5.97 Å². The van der Waals surface area contributed by atoms with Crippen molar-refractivity contribution in [2.45, 2.75) is 32.4 Å². The lowest BCUT2D eigenvalue weighted by Gasteiger charge is -2.31. The van der Waals surface area contributed by atoms with Gasteiger partial charge in [-0.1, -0.05) is 12.1 Å². The van der Waals surface area contributed by atoms with Crippen molar-refractivity contribution in [3.63, 3.8) is 0 Å². The van der Waals surface area contributed by atoms with Crippen LogP contribution in [0.15, 0.2) is 30.6 Å². The minimum Gasteiger partial charge on any atom is -0.467 e. The molecule has 1 aromatic heterocycles. The molecule has 1 heterocycles. The first-order chi connectivity index (χ1) is 9.97. The number of hydrogen-bond acceptors (Lipinski definition) is 6. The first-order valence-corrected chi connectivity index (χ1v) is 6.67. The van der Waals surface area contributed by atoms with E-state index in [-0.39, 0.29) is 12.0 Å². The van der Waals surface area contributed by atoms with Crippen LogP contribution in [0.3, 0.4) is 0 Å². The molecule has 0 aliphatic carbocycles. The molecule has 0 radical (unpaired) electrons. The van der Waals surface area contributed by atoms with Crippen LogP contribution in [-0.2, 0) is 15.1 Å². The molecule has 7 nitrogen and oxygen atoms in total. The van der Waals surface area contributed by atoms with E-state index in [4.69, 9.17) is 4.74 Å². The first kappa shape index (κ1) is 15.1. The van der Waals surface area contributed by atoms with Crippen LogP contribution < -0.4 is 5.32 Å². The average molecular weight is 289 g/mol. The highest BCUT2D eigenvalue weighted by atomic mass is 16.5. The van der Waals surface area contributed by atoms with Gasteiger partial charge < -0.3 is 4.74 Å². The first-order valence-electron chi connectivity index (χ1n) is 6.67. The van der Waals surface area contributed by atoms with Crippen LogP contribution >= 0.6 is 0 Å². The summed E-state index contributed by atoms with van der Waals surface area (Å²) in [5.41, 5.74) is 0.627. The molecular formula is C14H19N5O2. The fourth-order valence-corrected chi connectivity index (χ4v) is 2.28. The maximum Gasteiger partial charge on any atom is 0.330 e. The summed E-state index contributed by atoms with van der Waals surface area (Å²) in [5.74, 6) is -0.343. The number of nitrogens with one attached hydrogen (secondary N) is 1. The summed E-state index contributed by atoms with van der Waals surface area (Å²) in [4.78, 5) is 12.2. The van der Waals surface area contributed by atoms with Crippen LogP contribution in [-0.4, -0.2) is 39.3 Å². The third-order valence-corrected chi connectivity index (χ3v) is 3.21. The molecule has 0 spiro atoms. The number of nitrogens with zero attached hydrogens (tertiary/aromatic N) is 4. The third kappa shape index (κ3) is 3.08. The van der Waals surface area contributed by atoms with E-state index in [9.17, 15) is 4.79 Å². The molecule has 0 aliphatic rings. The molecule has 7 heteroatoms. The van der Waals surface area contributed by atoms with Gasteiger partial charge in [0.1, 0.15) is 11.9 Å². The number of rotatable bonds is 5. The van der Waals surface area contributed by atoms with Gasteiger partial charge in [0.2, 0.25) is 0 Å². The predicted octanol–water partition coefficient (Wildman–Crippen LogP) is 1.05. The summed E-state index contributed by atoms with van der Waals surface area (Å²) in [6.45, 7) is 5.76. The number of carbonyl (C=O) groups is 1. The maximum absolute atomic E-state index is 12.2. The molecule has 1 aromatic carbocycles. The van der Waals surface area contributed by atoms with E-state index in [0.29, 0.717) is 0 Å². The van der Waals surface area contributed by atoms with E-state index in [1.54, 1.807) is 6.92 Å². The zero-order valence-electron chi connectivity index (χ0n) is 12.6. The summed E-state index contributed by atoms with van der Waals surface area (Å²) in [5, 5.41) is 14.3. The lowest BCUT2D eigenvalue weighted by atomic mass is 9.90. The summed E-state index contributed by atoms with van der Waals surface area (Å²) in [6, 6.07) is 7.58. The van der Waals surface area contributed by atoms with Crippen LogP contribution in [0.1, 0.15) is 26.3 Å². The Morgan fingerprint density at radius 2 is 2.19 bits per heavy atom. The van der Waals surface area contributed by atoms with Crippen LogP contribution in [0.5, 0.6) is 0 Å². The van der Waals surface area contributed by atoms with Crippen molar-refractivity contribution in [1.29, 1.82) is 0 Å². The van der Waals surface area contributed by atoms with E-state index in [1.165, 1.54) is 18.1 Å². The van der Waals surface area contributed by atoms with Crippen LogP contribution in [0.4, 0.5) is 0 Å². The lowest BCUT2D eigenvalue weighted by Crippen LogP contribution is -2.50. The van der Waals surface area contributed by atoms with Crippen molar-refractivity contribution in [3.8, 4) is 5.69 Å². The monoisotopic (exact) mass is 289 g/mol. The van der Waals surface area contributed by atoms with Crippen LogP contribution in [0.25, 0.3) is 5.69 Å². The normalized spacial score (nSPS) is 14.0. The number of tetrazole rings is 1. The van der Waals surface area contributed by atoms with E-state index in [1.807, 2.05) is 38.1 Å². The Morgan fingerprint density at radius 1 is 1.43 bits per heavy atom. The second-order valence-corrected chi connectivity index (χ2v) is 5.22. The fraction of sp³-hybridized carbons (Fsp3) is 0.429. The van der Waals surface area contributed by atoms with Gasteiger partial charge in [-0.25, -0.2) is 9.48 Å². The number of methoxy groups -OCH3 is 1. The molecule has 2 rings (SSSR count). The van der Waals surface area contributed by atoms with Gasteiger partial charge in [0.05, 0.1) is 12.8 Å². The second kappa shape index (κ2) is 6.01. The van der Waals surface area contributed by atoms with Crippen LogP contribution in [0.2, 0.25) is 0 Å². The number of ether oxygens (including phenoxy) is 1. The summed E-state index contributed by atoms with van der Waals surface area (Å²) >= 11 is 0. The Labute approximate surface area is 123 Å². The molecule has 1 atom stereocenters. The molecule has 0 fully saturated rings. The Balaban J connectivity index is 2.45. The fourth-order valence-electron chi connectivity index (χ4n) is 2.28. The zero-order valence-corrected chi connectivity index (χ0v) is 12.6. The number of carbonyl (C=O) groups excluding carboxylic acids is 1. The molecule has 0 aliphatic heterocycles. The summed E-state index contributed by atoms with van der Waals surface area (Å²) < 4.78 is 6.49. The van der Waals surface area contributed by atoms with Crippen molar-refractivity contribution in [1.82, 2.24) is 25.5 Å². The van der Waals surface area contributed by atoms with Gasteiger partial charge in [0, 0.05) is 6.04 Å². The molecule has 1 unspecified atom stereocenters. The van der Waals surface area contributed by atoms with Crippen molar-refractivity contribution in [2.75, 3.05) is 7.11 Å². The summed E-state index contributed by atoms with van der Waals surface area (Å²) in [6.07, 6.45) is 1.50. The maximum atomic E-state index is 12.2. The Hall–Kier alpha value is -2.28. The highest BCUT2D eigenvalue weighted by Gasteiger charge is 2.37. The molecule has 0 bridgehead atoms. The molecule has 2 aromatic rings.